The molecular formula is C23H29ClN2O. The van der Waals surface area contributed by atoms with Crippen LogP contribution in [0.1, 0.15) is 56.9 Å². The summed E-state index contributed by atoms with van der Waals surface area (Å²) in [6.45, 7) is 10.1. The van der Waals surface area contributed by atoms with E-state index in [0.717, 1.165) is 29.8 Å². The third kappa shape index (κ3) is 5.12. The smallest absolute Gasteiger partial charge is 0.267 e. The molecule has 3 nitrogen and oxygen atoms in total. The lowest BCUT2D eigenvalue weighted by Gasteiger charge is -2.20. The number of likely N-dealkylation sites (tertiary alicyclic amines) is 1. The van der Waals surface area contributed by atoms with Crippen molar-refractivity contribution < 1.29 is 0 Å². The zero-order valence-corrected chi connectivity index (χ0v) is 17.3. The molecule has 4 heteroatoms. The third-order valence-corrected chi connectivity index (χ3v) is 5.50. The minimum Gasteiger partial charge on any atom is -0.321 e. The van der Waals surface area contributed by atoms with Crippen LogP contribution < -0.4 is 5.56 Å². The van der Waals surface area contributed by atoms with Crippen LogP contribution in [0, 0.1) is 0 Å². The summed E-state index contributed by atoms with van der Waals surface area (Å²) in [5.74, 6) is 0. The molecule has 0 atom stereocenters. The Bertz CT molecular complexity index is 853. The molecule has 3 rings (SSSR count). The molecule has 1 aromatic heterocycles. The Morgan fingerprint density at radius 3 is 2.37 bits per heavy atom. The van der Waals surface area contributed by atoms with Crippen LogP contribution in [-0.4, -0.2) is 29.5 Å². The highest BCUT2D eigenvalue weighted by molar-refractivity contribution is 6.30. The van der Waals surface area contributed by atoms with Crippen molar-refractivity contribution in [1.82, 2.24) is 9.88 Å². The molecule has 1 aromatic carbocycles. The first-order valence-corrected chi connectivity index (χ1v) is 10.1. The van der Waals surface area contributed by atoms with Gasteiger partial charge < -0.3 is 9.88 Å². The van der Waals surface area contributed by atoms with Crippen molar-refractivity contribution in [1.29, 1.82) is 0 Å². The van der Waals surface area contributed by atoms with Crippen LogP contribution in [0.5, 0.6) is 0 Å². The van der Waals surface area contributed by atoms with E-state index in [9.17, 15) is 4.79 Å². The summed E-state index contributed by atoms with van der Waals surface area (Å²) >= 11 is 5.92. The van der Waals surface area contributed by atoms with Gasteiger partial charge in [-0.15, -0.1) is 0 Å². The van der Waals surface area contributed by atoms with Crippen LogP contribution in [0.15, 0.2) is 47.3 Å². The normalized spacial score (nSPS) is 16.1. The van der Waals surface area contributed by atoms with Gasteiger partial charge in [-0.2, -0.15) is 0 Å². The van der Waals surface area contributed by atoms with Crippen molar-refractivity contribution in [3.8, 4) is 0 Å². The van der Waals surface area contributed by atoms with E-state index in [-0.39, 0.29) is 16.0 Å². The van der Waals surface area contributed by atoms with Gasteiger partial charge in [-0.25, -0.2) is 0 Å². The van der Waals surface area contributed by atoms with Crippen LogP contribution in [0.4, 0.5) is 0 Å². The molecule has 1 N–H and O–H groups in total. The van der Waals surface area contributed by atoms with Crippen LogP contribution in [0.2, 0.25) is 5.02 Å². The summed E-state index contributed by atoms with van der Waals surface area (Å²) in [6.07, 6.45) is 5.80. The van der Waals surface area contributed by atoms with Gasteiger partial charge in [0.15, 0.2) is 0 Å². The monoisotopic (exact) mass is 384 g/mol. The second-order valence-corrected chi connectivity index (χ2v) is 8.74. The number of pyridine rings is 1. The second kappa shape index (κ2) is 8.45. The van der Waals surface area contributed by atoms with Crippen LogP contribution in [0.3, 0.4) is 0 Å². The van der Waals surface area contributed by atoms with Crippen molar-refractivity contribution in [2.24, 2.45) is 0 Å². The molecule has 0 unspecified atom stereocenters. The summed E-state index contributed by atoms with van der Waals surface area (Å²) in [6, 6.07) is 12.2. The van der Waals surface area contributed by atoms with Gasteiger partial charge in [-0.1, -0.05) is 62.7 Å². The van der Waals surface area contributed by atoms with Gasteiger partial charge in [0.1, 0.15) is 5.02 Å². The van der Waals surface area contributed by atoms with Crippen molar-refractivity contribution in [3.05, 3.63) is 74.7 Å². The fraction of sp³-hybridized carbons (Fsp3) is 0.435. The number of halogens is 1. The summed E-state index contributed by atoms with van der Waals surface area (Å²) < 4.78 is 0. The molecule has 27 heavy (non-hydrogen) atoms. The Kier molecular flexibility index (Phi) is 6.23. The number of hydrogen-bond acceptors (Lipinski definition) is 2. The predicted octanol–water partition coefficient (Wildman–Crippen LogP) is 5.24. The first kappa shape index (κ1) is 19.9. The lowest BCUT2D eigenvalue weighted by atomic mass is 9.86. The fourth-order valence-corrected chi connectivity index (χ4v) is 3.65. The van der Waals surface area contributed by atoms with E-state index in [0.29, 0.717) is 0 Å². The van der Waals surface area contributed by atoms with Gasteiger partial charge in [-0.05, 0) is 61.0 Å². The van der Waals surface area contributed by atoms with Gasteiger partial charge in [0.2, 0.25) is 0 Å². The maximum atomic E-state index is 12.0. The largest absolute Gasteiger partial charge is 0.321 e. The molecule has 0 spiro atoms. The highest BCUT2D eigenvalue weighted by atomic mass is 35.5. The minimum atomic E-state index is -0.245. The number of H-pyrrole nitrogens is 1. The van der Waals surface area contributed by atoms with E-state index >= 15 is 0 Å². The summed E-state index contributed by atoms with van der Waals surface area (Å²) in [5, 5.41) is 0.221. The number of nitrogens with zero attached hydrogens (tertiary/aromatic N) is 1. The van der Waals surface area contributed by atoms with Crippen molar-refractivity contribution >= 4 is 17.2 Å². The Morgan fingerprint density at radius 2 is 1.78 bits per heavy atom. The highest BCUT2D eigenvalue weighted by Gasteiger charge is 2.15. The Morgan fingerprint density at radius 1 is 1.11 bits per heavy atom. The zero-order chi connectivity index (χ0) is 19.4. The van der Waals surface area contributed by atoms with E-state index in [2.05, 4.69) is 61.0 Å². The standard InChI is InChI=1S/C23H29ClN2O/c1-23(2,3)18-10-8-17(9-11-18)19(7-6-16-26-14-4-5-15-26)21-13-12-20(24)22(27)25-21/h7-13H,4-6,14-16H2,1-3H3,(H,25,27)/b19-7-. The van der Waals surface area contributed by atoms with Gasteiger partial charge in [0, 0.05) is 17.8 Å². The van der Waals surface area contributed by atoms with Gasteiger partial charge in [0.05, 0.1) is 0 Å². The number of nitrogens with one attached hydrogen (secondary N) is 1. The lowest BCUT2D eigenvalue weighted by Crippen LogP contribution is -2.19. The highest BCUT2D eigenvalue weighted by Crippen LogP contribution is 2.27. The van der Waals surface area contributed by atoms with E-state index in [4.69, 9.17) is 11.6 Å². The number of aromatic nitrogens is 1. The second-order valence-electron chi connectivity index (χ2n) is 8.33. The summed E-state index contributed by atoms with van der Waals surface area (Å²) in [7, 11) is 0. The quantitative estimate of drug-likeness (QED) is 0.764. The predicted molar refractivity (Wildman–Crippen MR) is 115 cm³/mol. The van der Waals surface area contributed by atoms with Crippen LogP contribution in [-0.2, 0) is 5.41 Å². The Hall–Kier alpha value is -1.84. The van der Waals surface area contributed by atoms with Gasteiger partial charge in [-0.3, -0.25) is 4.79 Å². The number of hydrogen-bond donors (Lipinski definition) is 1. The SMILES string of the molecule is CC(C)(C)c1ccc(/C(=C/CCN2CCCC2)c2ccc(Cl)c(=O)[nH]2)cc1. The first-order chi connectivity index (χ1) is 12.8. The Labute approximate surface area is 167 Å². The molecule has 2 aromatic rings. The Balaban J connectivity index is 1.90. The molecule has 0 saturated carbocycles. The molecule has 2 heterocycles. The third-order valence-electron chi connectivity index (χ3n) is 5.21. The van der Waals surface area contributed by atoms with Crippen LogP contribution >= 0.6 is 11.6 Å². The maximum absolute atomic E-state index is 12.0. The zero-order valence-electron chi connectivity index (χ0n) is 16.5. The molecule has 0 aliphatic carbocycles. The van der Waals surface area contributed by atoms with Gasteiger partial charge in [0.25, 0.3) is 5.56 Å². The fourth-order valence-electron chi connectivity index (χ4n) is 3.54. The number of rotatable bonds is 5. The van der Waals surface area contributed by atoms with E-state index in [1.54, 1.807) is 6.07 Å². The van der Waals surface area contributed by atoms with E-state index in [1.165, 1.54) is 31.5 Å². The van der Waals surface area contributed by atoms with Crippen molar-refractivity contribution in [2.75, 3.05) is 19.6 Å². The maximum Gasteiger partial charge on any atom is 0.267 e. The molecule has 1 fully saturated rings. The summed E-state index contributed by atoms with van der Waals surface area (Å²) in [4.78, 5) is 17.5. The molecule has 1 aliphatic rings. The topological polar surface area (TPSA) is 36.1 Å². The van der Waals surface area contributed by atoms with Crippen molar-refractivity contribution in [3.63, 3.8) is 0 Å². The van der Waals surface area contributed by atoms with Crippen molar-refractivity contribution in [2.45, 2.75) is 45.4 Å². The summed E-state index contributed by atoms with van der Waals surface area (Å²) in [5.41, 5.74) is 4.16. The number of aromatic amines is 1. The molecule has 144 valence electrons. The molecular weight excluding hydrogens is 356 g/mol. The number of benzene rings is 1. The van der Waals surface area contributed by atoms with Gasteiger partial charge >= 0.3 is 0 Å². The molecule has 1 saturated heterocycles. The lowest BCUT2D eigenvalue weighted by molar-refractivity contribution is 0.346. The van der Waals surface area contributed by atoms with Crippen LogP contribution in [0.25, 0.3) is 5.57 Å². The van der Waals surface area contributed by atoms with E-state index in [1.807, 2.05) is 6.07 Å². The average molecular weight is 385 g/mol. The minimum absolute atomic E-state index is 0.118. The molecule has 0 amide bonds. The van der Waals surface area contributed by atoms with E-state index < -0.39 is 0 Å². The molecule has 1 aliphatic heterocycles. The molecule has 0 bridgehead atoms. The average Bonchev–Trinajstić information content (AvgIpc) is 3.14. The molecule has 0 radical (unpaired) electrons. The first-order valence-electron chi connectivity index (χ1n) is 9.77.